The van der Waals surface area contributed by atoms with Crippen molar-refractivity contribution in [3.63, 3.8) is 0 Å². The Morgan fingerprint density at radius 3 is 2.52 bits per heavy atom. The molecule has 0 atom stereocenters. The van der Waals surface area contributed by atoms with Crippen LogP contribution in [0, 0.1) is 5.41 Å². The van der Waals surface area contributed by atoms with Gasteiger partial charge in [-0.25, -0.2) is 4.98 Å². The SMILES string of the molecule is CC(C)NCc1cncc(N2CCC3(CCCC3)CC2)n1. The topological polar surface area (TPSA) is 41.1 Å². The van der Waals surface area contributed by atoms with Crippen molar-refractivity contribution in [1.29, 1.82) is 0 Å². The number of anilines is 1. The van der Waals surface area contributed by atoms with Crippen molar-refractivity contribution >= 4 is 5.82 Å². The highest BCUT2D eigenvalue weighted by molar-refractivity contribution is 5.37. The summed E-state index contributed by atoms with van der Waals surface area (Å²) in [4.78, 5) is 11.6. The Morgan fingerprint density at radius 1 is 1.14 bits per heavy atom. The first kappa shape index (κ1) is 14.8. The molecule has 1 N–H and O–H groups in total. The Hall–Kier alpha value is -1.16. The third kappa shape index (κ3) is 3.54. The second-order valence-electron chi connectivity index (χ2n) is 7.10. The predicted molar refractivity (Wildman–Crippen MR) is 86.4 cm³/mol. The van der Waals surface area contributed by atoms with Crippen LogP contribution >= 0.6 is 0 Å². The minimum Gasteiger partial charge on any atom is -0.355 e. The number of nitrogens with zero attached hydrogens (tertiary/aromatic N) is 3. The van der Waals surface area contributed by atoms with Gasteiger partial charge in [0.25, 0.3) is 0 Å². The Kier molecular flexibility index (Phi) is 4.43. The quantitative estimate of drug-likeness (QED) is 0.924. The Morgan fingerprint density at radius 2 is 1.86 bits per heavy atom. The minimum atomic E-state index is 0.479. The zero-order valence-electron chi connectivity index (χ0n) is 13.4. The molecular weight excluding hydrogens is 260 g/mol. The largest absolute Gasteiger partial charge is 0.355 e. The smallest absolute Gasteiger partial charge is 0.147 e. The number of hydrogen-bond acceptors (Lipinski definition) is 4. The third-order valence-corrected chi connectivity index (χ3v) is 5.18. The molecule has 1 aromatic rings. The van der Waals surface area contributed by atoms with E-state index in [1.54, 1.807) is 0 Å². The van der Waals surface area contributed by atoms with Crippen molar-refractivity contribution in [1.82, 2.24) is 15.3 Å². The van der Waals surface area contributed by atoms with Gasteiger partial charge in [-0.15, -0.1) is 0 Å². The van der Waals surface area contributed by atoms with Gasteiger partial charge < -0.3 is 10.2 Å². The van der Waals surface area contributed by atoms with Crippen LogP contribution in [0.5, 0.6) is 0 Å². The lowest BCUT2D eigenvalue weighted by Crippen LogP contribution is -2.39. The molecule has 1 saturated heterocycles. The van der Waals surface area contributed by atoms with E-state index in [1.807, 2.05) is 12.4 Å². The maximum atomic E-state index is 4.78. The van der Waals surface area contributed by atoms with Crippen LogP contribution < -0.4 is 10.2 Å². The molecule has 0 aromatic carbocycles. The highest BCUT2D eigenvalue weighted by Crippen LogP contribution is 2.46. The third-order valence-electron chi connectivity index (χ3n) is 5.18. The van der Waals surface area contributed by atoms with Crippen LogP contribution in [0.1, 0.15) is 58.1 Å². The Labute approximate surface area is 128 Å². The number of aromatic nitrogens is 2. The summed E-state index contributed by atoms with van der Waals surface area (Å²) in [5.74, 6) is 1.06. The summed E-state index contributed by atoms with van der Waals surface area (Å²) in [6, 6.07) is 0.479. The van der Waals surface area contributed by atoms with Crippen molar-refractivity contribution in [2.45, 2.75) is 65.0 Å². The monoisotopic (exact) mass is 288 g/mol. The average molecular weight is 288 g/mol. The second-order valence-corrected chi connectivity index (χ2v) is 7.10. The Bertz CT molecular complexity index is 456. The zero-order valence-corrected chi connectivity index (χ0v) is 13.4. The molecule has 0 radical (unpaired) electrons. The van der Waals surface area contributed by atoms with Crippen LogP contribution in [-0.2, 0) is 6.54 Å². The van der Waals surface area contributed by atoms with Gasteiger partial charge >= 0.3 is 0 Å². The highest BCUT2D eigenvalue weighted by Gasteiger charge is 2.37. The van der Waals surface area contributed by atoms with E-state index < -0.39 is 0 Å². The highest BCUT2D eigenvalue weighted by atomic mass is 15.2. The molecule has 2 heterocycles. The first-order valence-electron chi connectivity index (χ1n) is 8.46. The molecule has 21 heavy (non-hydrogen) atoms. The molecule has 116 valence electrons. The molecule has 1 aliphatic heterocycles. The molecule has 1 aromatic heterocycles. The van der Waals surface area contributed by atoms with E-state index in [1.165, 1.54) is 38.5 Å². The summed E-state index contributed by atoms with van der Waals surface area (Å²) < 4.78 is 0. The summed E-state index contributed by atoms with van der Waals surface area (Å²) in [7, 11) is 0. The molecule has 0 amide bonds. The van der Waals surface area contributed by atoms with Crippen LogP contribution in [0.3, 0.4) is 0 Å². The van der Waals surface area contributed by atoms with Gasteiger partial charge in [0.2, 0.25) is 0 Å². The summed E-state index contributed by atoms with van der Waals surface area (Å²) in [6.07, 6.45) is 12.3. The summed E-state index contributed by atoms with van der Waals surface area (Å²) >= 11 is 0. The van der Waals surface area contributed by atoms with Crippen LogP contribution in [0.2, 0.25) is 0 Å². The van der Waals surface area contributed by atoms with Crippen LogP contribution in [0.25, 0.3) is 0 Å². The van der Waals surface area contributed by atoms with Crippen molar-refractivity contribution in [2.75, 3.05) is 18.0 Å². The standard InChI is InChI=1S/C17H28N4/c1-14(2)19-12-15-11-18-13-16(20-15)21-9-7-17(8-10-21)5-3-4-6-17/h11,13-14,19H,3-10,12H2,1-2H3. The summed E-state index contributed by atoms with van der Waals surface area (Å²) in [5.41, 5.74) is 1.71. The van der Waals surface area contributed by atoms with Crippen LogP contribution in [0.15, 0.2) is 12.4 Å². The first-order chi connectivity index (χ1) is 10.2. The molecule has 2 aliphatic rings. The number of piperidine rings is 1. The fourth-order valence-electron chi connectivity index (χ4n) is 3.78. The molecule has 1 saturated carbocycles. The molecule has 1 aliphatic carbocycles. The lowest BCUT2D eigenvalue weighted by Gasteiger charge is -2.39. The molecular formula is C17H28N4. The molecule has 4 heteroatoms. The first-order valence-corrected chi connectivity index (χ1v) is 8.46. The number of rotatable bonds is 4. The van der Waals surface area contributed by atoms with E-state index >= 15 is 0 Å². The molecule has 0 bridgehead atoms. The fourth-order valence-corrected chi connectivity index (χ4v) is 3.78. The summed E-state index contributed by atoms with van der Waals surface area (Å²) in [6.45, 7) is 7.41. The second kappa shape index (κ2) is 6.30. The van der Waals surface area contributed by atoms with E-state index in [4.69, 9.17) is 4.98 Å². The van der Waals surface area contributed by atoms with Gasteiger partial charge in [0.05, 0.1) is 11.9 Å². The molecule has 0 unspecified atom stereocenters. The van der Waals surface area contributed by atoms with Crippen molar-refractivity contribution in [3.05, 3.63) is 18.1 Å². The zero-order chi connectivity index (χ0) is 14.7. The van der Waals surface area contributed by atoms with E-state index in [0.29, 0.717) is 11.5 Å². The molecule has 4 nitrogen and oxygen atoms in total. The van der Waals surface area contributed by atoms with Crippen LogP contribution in [-0.4, -0.2) is 29.1 Å². The van der Waals surface area contributed by atoms with E-state index in [9.17, 15) is 0 Å². The number of nitrogens with one attached hydrogen (secondary N) is 1. The van der Waals surface area contributed by atoms with Gasteiger partial charge in [-0.3, -0.25) is 4.98 Å². The average Bonchev–Trinajstić information content (AvgIpc) is 2.94. The Balaban J connectivity index is 1.61. The lowest BCUT2D eigenvalue weighted by molar-refractivity contribution is 0.226. The maximum absolute atomic E-state index is 4.78. The predicted octanol–water partition coefficient (Wildman–Crippen LogP) is 3.14. The minimum absolute atomic E-state index is 0.479. The number of hydrogen-bond donors (Lipinski definition) is 1. The van der Waals surface area contributed by atoms with E-state index in [-0.39, 0.29) is 0 Å². The van der Waals surface area contributed by atoms with Crippen molar-refractivity contribution in [3.8, 4) is 0 Å². The van der Waals surface area contributed by atoms with Gasteiger partial charge in [-0.2, -0.15) is 0 Å². The van der Waals surface area contributed by atoms with Gasteiger partial charge in [0.1, 0.15) is 5.82 Å². The maximum Gasteiger partial charge on any atom is 0.147 e. The van der Waals surface area contributed by atoms with Gasteiger partial charge in [0.15, 0.2) is 0 Å². The molecule has 1 spiro atoms. The van der Waals surface area contributed by atoms with E-state index in [2.05, 4.69) is 29.0 Å². The van der Waals surface area contributed by atoms with Crippen molar-refractivity contribution < 1.29 is 0 Å². The van der Waals surface area contributed by atoms with E-state index in [0.717, 1.165) is 31.1 Å². The van der Waals surface area contributed by atoms with Crippen LogP contribution in [0.4, 0.5) is 5.82 Å². The van der Waals surface area contributed by atoms with Gasteiger partial charge in [0, 0.05) is 31.9 Å². The summed E-state index contributed by atoms with van der Waals surface area (Å²) in [5, 5.41) is 3.41. The fraction of sp³-hybridized carbons (Fsp3) is 0.765. The van der Waals surface area contributed by atoms with Gasteiger partial charge in [-0.1, -0.05) is 26.7 Å². The van der Waals surface area contributed by atoms with Crippen molar-refractivity contribution in [2.24, 2.45) is 5.41 Å². The molecule has 3 rings (SSSR count). The molecule has 2 fully saturated rings. The lowest BCUT2D eigenvalue weighted by atomic mass is 9.77. The van der Waals surface area contributed by atoms with Gasteiger partial charge in [-0.05, 0) is 31.1 Å². The normalized spacial score (nSPS) is 21.4.